The van der Waals surface area contributed by atoms with Crippen molar-refractivity contribution in [3.63, 3.8) is 0 Å². The third-order valence-corrected chi connectivity index (χ3v) is 7.04. The summed E-state index contributed by atoms with van der Waals surface area (Å²) in [5.41, 5.74) is 1.56. The summed E-state index contributed by atoms with van der Waals surface area (Å²) in [6.07, 6.45) is 8.35. The van der Waals surface area contributed by atoms with E-state index >= 15 is 0 Å². The number of rotatable bonds is 3. The average molecular weight is 342 g/mol. The van der Waals surface area contributed by atoms with Crippen molar-refractivity contribution in [1.82, 2.24) is 14.7 Å². The van der Waals surface area contributed by atoms with Crippen molar-refractivity contribution in [2.24, 2.45) is 0 Å². The molecule has 1 aliphatic carbocycles. The van der Waals surface area contributed by atoms with Crippen LogP contribution < -0.4 is 0 Å². The van der Waals surface area contributed by atoms with Crippen LogP contribution in [-0.4, -0.2) is 73.1 Å². The second kappa shape index (κ2) is 8.20. The zero-order valence-electron chi connectivity index (χ0n) is 15.9. The maximum atomic E-state index is 2.83. The van der Waals surface area contributed by atoms with Crippen LogP contribution in [0, 0.1) is 0 Å². The Morgan fingerprint density at radius 3 is 1.84 bits per heavy atom. The molecule has 3 aliphatic rings. The van der Waals surface area contributed by atoms with E-state index in [2.05, 4.69) is 52.1 Å². The molecule has 2 heterocycles. The number of piperidine rings is 1. The van der Waals surface area contributed by atoms with E-state index in [9.17, 15) is 0 Å². The maximum absolute atomic E-state index is 2.83. The van der Waals surface area contributed by atoms with Crippen molar-refractivity contribution in [3.8, 4) is 0 Å². The Kier molecular flexibility index (Phi) is 5.74. The first-order chi connectivity index (χ1) is 12.3. The molecule has 2 aliphatic heterocycles. The highest BCUT2D eigenvalue weighted by molar-refractivity contribution is 5.20. The predicted octanol–water partition coefficient (Wildman–Crippen LogP) is 3.42. The van der Waals surface area contributed by atoms with E-state index in [1.54, 1.807) is 5.56 Å². The van der Waals surface area contributed by atoms with Gasteiger partial charge in [0.2, 0.25) is 0 Å². The van der Waals surface area contributed by atoms with Crippen molar-refractivity contribution in [3.05, 3.63) is 35.9 Å². The average Bonchev–Trinajstić information content (AvgIpc) is 2.70. The summed E-state index contributed by atoms with van der Waals surface area (Å²) in [5.74, 6) is 0.806. The van der Waals surface area contributed by atoms with Crippen LogP contribution in [0.4, 0.5) is 0 Å². The van der Waals surface area contributed by atoms with Crippen LogP contribution in [0.25, 0.3) is 0 Å². The molecule has 3 fully saturated rings. The molecule has 1 saturated carbocycles. The highest BCUT2D eigenvalue weighted by atomic mass is 15.3. The Morgan fingerprint density at radius 2 is 1.20 bits per heavy atom. The molecule has 0 spiro atoms. The second-order valence-corrected chi connectivity index (χ2v) is 8.52. The summed E-state index contributed by atoms with van der Waals surface area (Å²) >= 11 is 0. The quantitative estimate of drug-likeness (QED) is 0.834. The molecule has 1 aromatic rings. The van der Waals surface area contributed by atoms with Crippen molar-refractivity contribution in [1.29, 1.82) is 0 Å². The van der Waals surface area contributed by atoms with Gasteiger partial charge in [-0.2, -0.15) is 0 Å². The van der Waals surface area contributed by atoms with E-state index in [1.165, 1.54) is 77.8 Å². The number of likely N-dealkylation sites (N-methyl/N-ethyl adjacent to an activating group) is 1. The smallest absolute Gasteiger partial charge is 0.0121 e. The van der Waals surface area contributed by atoms with Gasteiger partial charge in [0.1, 0.15) is 0 Å². The standard InChI is InChI=1S/C22H35N3/c1-23-15-17-25(18-16-23)22-11-13-24(14-12-22)21-9-7-20(8-10-21)19-5-3-2-4-6-19/h2-6,20-22H,7-18H2,1H3. The Bertz CT molecular complexity index is 507. The molecule has 0 unspecified atom stereocenters. The Labute approximate surface area is 154 Å². The fourth-order valence-corrected chi connectivity index (χ4v) is 5.30. The number of hydrogen-bond donors (Lipinski definition) is 0. The van der Waals surface area contributed by atoms with Gasteiger partial charge < -0.3 is 9.80 Å². The van der Waals surface area contributed by atoms with Crippen molar-refractivity contribution in [2.45, 2.75) is 56.5 Å². The number of likely N-dealkylation sites (tertiary alicyclic amines) is 1. The molecule has 0 bridgehead atoms. The molecule has 0 amide bonds. The summed E-state index contributed by atoms with van der Waals surface area (Å²) in [5, 5.41) is 0. The van der Waals surface area contributed by atoms with E-state index in [-0.39, 0.29) is 0 Å². The lowest BCUT2D eigenvalue weighted by atomic mass is 9.81. The molecule has 3 nitrogen and oxygen atoms in total. The molecular weight excluding hydrogens is 306 g/mol. The molecule has 2 saturated heterocycles. The minimum Gasteiger partial charge on any atom is -0.304 e. The molecule has 0 N–H and O–H groups in total. The third kappa shape index (κ3) is 4.27. The number of piperazine rings is 1. The highest BCUT2D eigenvalue weighted by Gasteiger charge is 2.31. The Balaban J connectivity index is 1.22. The van der Waals surface area contributed by atoms with Crippen LogP contribution in [0.15, 0.2) is 30.3 Å². The summed E-state index contributed by atoms with van der Waals surface area (Å²) < 4.78 is 0. The summed E-state index contributed by atoms with van der Waals surface area (Å²) in [4.78, 5) is 8.06. The van der Waals surface area contributed by atoms with Crippen molar-refractivity contribution in [2.75, 3.05) is 46.3 Å². The predicted molar refractivity (Wildman–Crippen MR) is 105 cm³/mol. The van der Waals surface area contributed by atoms with Crippen molar-refractivity contribution < 1.29 is 0 Å². The van der Waals surface area contributed by atoms with Crippen molar-refractivity contribution >= 4 is 0 Å². The lowest BCUT2D eigenvalue weighted by molar-refractivity contribution is 0.0455. The third-order valence-electron chi connectivity index (χ3n) is 7.04. The first kappa shape index (κ1) is 17.5. The monoisotopic (exact) mass is 341 g/mol. The van der Waals surface area contributed by atoms with Gasteiger partial charge in [0, 0.05) is 38.3 Å². The zero-order valence-corrected chi connectivity index (χ0v) is 15.9. The van der Waals surface area contributed by atoms with Gasteiger partial charge in [0.25, 0.3) is 0 Å². The molecule has 3 heteroatoms. The first-order valence-electron chi connectivity index (χ1n) is 10.5. The number of benzene rings is 1. The fourth-order valence-electron chi connectivity index (χ4n) is 5.30. The normalized spacial score (nSPS) is 31.2. The molecule has 0 atom stereocenters. The largest absolute Gasteiger partial charge is 0.304 e. The SMILES string of the molecule is CN1CCN(C2CCN(C3CCC(c4ccccc4)CC3)CC2)CC1. The van der Waals surface area contributed by atoms with Crippen LogP contribution in [0.5, 0.6) is 0 Å². The van der Waals surface area contributed by atoms with Crippen LogP contribution >= 0.6 is 0 Å². The van der Waals surface area contributed by atoms with E-state index in [0.29, 0.717) is 0 Å². The van der Waals surface area contributed by atoms with E-state index in [4.69, 9.17) is 0 Å². The number of hydrogen-bond acceptors (Lipinski definition) is 3. The van der Waals surface area contributed by atoms with Gasteiger partial charge in [-0.05, 0) is 70.1 Å². The van der Waals surface area contributed by atoms with Crippen LogP contribution in [0.3, 0.4) is 0 Å². The maximum Gasteiger partial charge on any atom is 0.0121 e. The molecule has 25 heavy (non-hydrogen) atoms. The summed E-state index contributed by atoms with van der Waals surface area (Å²) in [6, 6.07) is 12.9. The molecule has 0 radical (unpaired) electrons. The first-order valence-corrected chi connectivity index (χ1v) is 10.5. The van der Waals surface area contributed by atoms with Gasteiger partial charge in [-0.3, -0.25) is 4.90 Å². The van der Waals surface area contributed by atoms with Crippen LogP contribution in [0.2, 0.25) is 0 Å². The molecular formula is C22H35N3. The van der Waals surface area contributed by atoms with Gasteiger partial charge in [-0.25, -0.2) is 0 Å². The Morgan fingerprint density at radius 1 is 0.640 bits per heavy atom. The molecule has 4 rings (SSSR count). The lowest BCUT2D eigenvalue weighted by Crippen LogP contribution is -2.53. The minimum absolute atomic E-state index is 0.806. The zero-order chi connectivity index (χ0) is 17.1. The van der Waals surface area contributed by atoms with Gasteiger partial charge in [0.15, 0.2) is 0 Å². The Hall–Kier alpha value is -0.900. The topological polar surface area (TPSA) is 9.72 Å². The van der Waals surface area contributed by atoms with E-state index in [0.717, 1.165) is 18.0 Å². The van der Waals surface area contributed by atoms with Crippen LogP contribution in [-0.2, 0) is 0 Å². The lowest BCUT2D eigenvalue weighted by Gasteiger charge is -2.45. The van der Waals surface area contributed by atoms with E-state index < -0.39 is 0 Å². The molecule has 138 valence electrons. The summed E-state index contributed by atoms with van der Waals surface area (Å²) in [6.45, 7) is 7.73. The highest BCUT2D eigenvalue weighted by Crippen LogP contribution is 2.35. The van der Waals surface area contributed by atoms with Gasteiger partial charge >= 0.3 is 0 Å². The second-order valence-electron chi connectivity index (χ2n) is 8.52. The molecule has 0 aromatic heterocycles. The van der Waals surface area contributed by atoms with Gasteiger partial charge in [0.05, 0.1) is 0 Å². The van der Waals surface area contributed by atoms with Crippen LogP contribution in [0.1, 0.15) is 50.0 Å². The minimum atomic E-state index is 0.806. The van der Waals surface area contributed by atoms with Gasteiger partial charge in [-0.15, -0.1) is 0 Å². The number of nitrogens with zero attached hydrogens (tertiary/aromatic N) is 3. The molecule has 1 aromatic carbocycles. The van der Waals surface area contributed by atoms with Gasteiger partial charge in [-0.1, -0.05) is 30.3 Å². The van der Waals surface area contributed by atoms with E-state index in [1.807, 2.05) is 0 Å². The summed E-state index contributed by atoms with van der Waals surface area (Å²) in [7, 11) is 2.26. The fraction of sp³-hybridized carbons (Fsp3) is 0.727.